The first-order valence-electron chi connectivity index (χ1n) is 3.72. The SMILES string of the molecule is COC(=O)[C@H]1NC[C@]12CC2(Cl)Cl. The second-order valence-corrected chi connectivity index (χ2v) is 4.86. The molecule has 2 atom stereocenters. The van der Waals surface area contributed by atoms with E-state index in [0.717, 1.165) is 0 Å². The van der Waals surface area contributed by atoms with Gasteiger partial charge in [0.05, 0.1) is 7.11 Å². The predicted octanol–water partition coefficient (Wildman–Crippen LogP) is 0.695. The van der Waals surface area contributed by atoms with Gasteiger partial charge in [0.15, 0.2) is 0 Å². The minimum absolute atomic E-state index is 0.247. The molecule has 0 unspecified atom stereocenters. The number of carbonyl (C=O) groups excluding carboxylic acids is 1. The molecule has 1 aliphatic carbocycles. The van der Waals surface area contributed by atoms with Gasteiger partial charge in [-0.05, 0) is 6.42 Å². The second-order valence-electron chi connectivity index (χ2n) is 3.37. The maximum Gasteiger partial charge on any atom is 0.323 e. The van der Waals surface area contributed by atoms with E-state index in [-0.39, 0.29) is 17.4 Å². The average molecular weight is 210 g/mol. The zero-order chi connectivity index (χ0) is 8.98. The topological polar surface area (TPSA) is 38.3 Å². The van der Waals surface area contributed by atoms with Crippen LogP contribution in [0.1, 0.15) is 6.42 Å². The van der Waals surface area contributed by atoms with Crippen molar-refractivity contribution >= 4 is 29.2 Å². The highest BCUT2D eigenvalue weighted by atomic mass is 35.5. The summed E-state index contributed by atoms with van der Waals surface area (Å²) in [5.41, 5.74) is -0.247. The maximum atomic E-state index is 11.1. The summed E-state index contributed by atoms with van der Waals surface area (Å²) < 4.78 is 3.88. The van der Waals surface area contributed by atoms with E-state index in [2.05, 4.69) is 10.1 Å². The van der Waals surface area contributed by atoms with E-state index in [9.17, 15) is 4.79 Å². The number of carbonyl (C=O) groups is 1. The first kappa shape index (κ1) is 8.60. The Hall–Kier alpha value is 0.01000. The molecule has 1 heterocycles. The van der Waals surface area contributed by atoms with Crippen molar-refractivity contribution in [1.29, 1.82) is 0 Å². The van der Waals surface area contributed by atoms with Crippen LogP contribution in [0.4, 0.5) is 0 Å². The van der Waals surface area contributed by atoms with Crippen molar-refractivity contribution in [3.05, 3.63) is 0 Å². The smallest absolute Gasteiger partial charge is 0.323 e. The van der Waals surface area contributed by atoms with Gasteiger partial charge in [0, 0.05) is 12.0 Å². The van der Waals surface area contributed by atoms with E-state index in [0.29, 0.717) is 13.0 Å². The van der Waals surface area contributed by atoms with Crippen LogP contribution < -0.4 is 5.32 Å². The number of rotatable bonds is 1. The third kappa shape index (κ3) is 0.845. The van der Waals surface area contributed by atoms with E-state index in [1.54, 1.807) is 0 Å². The summed E-state index contributed by atoms with van der Waals surface area (Å²) in [6, 6.07) is -0.308. The van der Waals surface area contributed by atoms with Crippen molar-refractivity contribution in [3.63, 3.8) is 0 Å². The lowest BCUT2D eigenvalue weighted by Gasteiger charge is -2.37. The molecule has 0 aromatic carbocycles. The van der Waals surface area contributed by atoms with Gasteiger partial charge in [0.25, 0.3) is 0 Å². The third-order valence-corrected chi connectivity index (χ3v) is 3.77. The van der Waals surface area contributed by atoms with Crippen molar-refractivity contribution in [2.75, 3.05) is 13.7 Å². The number of hydrogen-bond acceptors (Lipinski definition) is 3. The lowest BCUT2D eigenvalue weighted by molar-refractivity contribution is -0.148. The quantitative estimate of drug-likeness (QED) is 0.511. The molecule has 0 aromatic heterocycles. The molecule has 12 heavy (non-hydrogen) atoms. The van der Waals surface area contributed by atoms with Gasteiger partial charge in [-0.2, -0.15) is 0 Å². The van der Waals surface area contributed by atoms with Crippen LogP contribution in [-0.2, 0) is 9.53 Å². The number of hydrogen-bond donors (Lipinski definition) is 1. The monoisotopic (exact) mass is 209 g/mol. The molecule has 1 saturated heterocycles. The van der Waals surface area contributed by atoms with Crippen LogP contribution >= 0.6 is 23.2 Å². The molecule has 68 valence electrons. The molecule has 0 aromatic rings. The number of nitrogens with one attached hydrogen (secondary N) is 1. The summed E-state index contributed by atoms with van der Waals surface area (Å²) in [5, 5.41) is 2.96. The largest absolute Gasteiger partial charge is 0.468 e. The highest BCUT2D eigenvalue weighted by molar-refractivity contribution is 6.51. The molecule has 3 nitrogen and oxygen atoms in total. The summed E-state index contributed by atoms with van der Waals surface area (Å²) in [5.74, 6) is -0.274. The third-order valence-electron chi connectivity index (χ3n) is 2.75. The first-order valence-corrected chi connectivity index (χ1v) is 4.48. The molecule has 5 heteroatoms. The van der Waals surface area contributed by atoms with E-state index >= 15 is 0 Å². The normalized spacial score (nSPS) is 42.1. The molecule has 2 fully saturated rings. The number of esters is 1. The number of methoxy groups -OCH3 is 1. The fourth-order valence-corrected chi connectivity index (χ4v) is 2.56. The molecule has 2 rings (SSSR count). The zero-order valence-electron chi connectivity index (χ0n) is 6.56. The molecule has 0 amide bonds. The van der Waals surface area contributed by atoms with Crippen molar-refractivity contribution in [1.82, 2.24) is 5.32 Å². The van der Waals surface area contributed by atoms with E-state index in [1.165, 1.54) is 7.11 Å². The van der Waals surface area contributed by atoms with Crippen molar-refractivity contribution < 1.29 is 9.53 Å². The molecule has 1 saturated carbocycles. The van der Waals surface area contributed by atoms with E-state index in [1.807, 2.05) is 0 Å². The Morgan fingerprint density at radius 2 is 2.25 bits per heavy atom. The van der Waals surface area contributed by atoms with E-state index < -0.39 is 4.33 Å². The Balaban J connectivity index is 2.09. The highest BCUT2D eigenvalue weighted by Gasteiger charge is 2.76. The Kier molecular flexibility index (Phi) is 1.63. The Labute approximate surface area is 80.3 Å². The lowest BCUT2D eigenvalue weighted by atomic mass is 9.88. The van der Waals surface area contributed by atoms with Crippen LogP contribution in [0, 0.1) is 5.41 Å². The average Bonchev–Trinajstić information content (AvgIpc) is 2.54. The van der Waals surface area contributed by atoms with Crippen LogP contribution in [0.5, 0.6) is 0 Å². The lowest BCUT2D eigenvalue weighted by Crippen LogP contribution is -2.61. The van der Waals surface area contributed by atoms with E-state index in [4.69, 9.17) is 23.2 Å². The summed E-state index contributed by atoms with van der Waals surface area (Å²) in [7, 11) is 1.36. The Morgan fingerprint density at radius 3 is 2.50 bits per heavy atom. The second kappa shape index (κ2) is 2.28. The van der Waals surface area contributed by atoms with Crippen LogP contribution in [0.15, 0.2) is 0 Å². The number of ether oxygens (including phenoxy) is 1. The fraction of sp³-hybridized carbons (Fsp3) is 0.857. The summed E-state index contributed by atoms with van der Waals surface area (Å²) in [6.45, 7) is 0.708. The van der Waals surface area contributed by atoms with Gasteiger partial charge in [0.1, 0.15) is 10.4 Å². The molecule has 2 aliphatic rings. The summed E-state index contributed by atoms with van der Waals surface area (Å²) in [6.07, 6.45) is 0.676. The van der Waals surface area contributed by atoms with Gasteiger partial charge in [-0.25, -0.2) is 0 Å². The molecule has 0 bridgehead atoms. The van der Waals surface area contributed by atoms with Gasteiger partial charge >= 0.3 is 5.97 Å². The molecular formula is C7H9Cl2NO2. The standard InChI is InChI=1S/C7H9Cl2NO2/c1-12-5(11)4-6(3-10-4)2-7(6,8)9/h4,10H,2-3H2,1H3/t4-,6-/m1/s1. The van der Waals surface area contributed by atoms with Crippen molar-refractivity contribution in [2.45, 2.75) is 16.8 Å². The molecular weight excluding hydrogens is 201 g/mol. The fourth-order valence-electron chi connectivity index (χ4n) is 1.73. The summed E-state index contributed by atoms with van der Waals surface area (Å²) >= 11 is 11.8. The zero-order valence-corrected chi connectivity index (χ0v) is 8.08. The highest BCUT2D eigenvalue weighted by Crippen LogP contribution is 2.68. The Bertz CT molecular complexity index is 244. The minimum Gasteiger partial charge on any atom is -0.468 e. The van der Waals surface area contributed by atoms with Crippen LogP contribution in [0.25, 0.3) is 0 Å². The van der Waals surface area contributed by atoms with Gasteiger partial charge in [0.2, 0.25) is 0 Å². The van der Waals surface area contributed by atoms with Gasteiger partial charge < -0.3 is 10.1 Å². The number of halogens is 2. The maximum absolute atomic E-state index is 11.1. The van der Waals surface area contributed by atoms with Gasteiger partial charge in [-0.3, -0.25) is 4.79 Å². The van der Waals surface area contributed by atoms with Gasteiger partial charge in [-0.15, -0.1) is 23.2 Å². The molecule has 1 spiro atoms. The minimum atomic E-state index is -0.725. The molecule has 1 aliphatic heterocycles. The molecule has 1 N–H and O–H groups in total. The summed E-state index contributed by atoms with van der Waals surface area (Å²) in [4.78, 5) is 11.1. The van der Waals surface area contributed by atoms with Crippen LogP contribution in [0.3, 0.4) is 0 Å². The first-order chi connectivity index (χ1) is 5.53. The van der Waals surface area contributed by atoms with Gasteiger partial charge in [-0.1, -0.05) is 0 Å². The Morgan fingerprint density at radius 1 is 1.67 bits per heavy atom. The van der Waals surface area contributed by atoms with Crippen LogP contribution in [0.2, 0.25) is 0 Å². The predicted molar refractivity (Wildman–Crippen MR) is 45.3 cm³/mol. The number of alkyl halides is 2. The van der Waals surface area contributed by atoms with Crippen molar-refractivity contribution in [3.8, 4) is 0 Å². The molecule has 0 radical (unpaired) electrons. The van der Waals surface area contributed by atoms with Crippen molar-refractivity contribution in [2.24, 2.45) is 5.41 Å². The van der Waals surface area contributed by atoms with Crippen LogP contribution in [-0.4, -0.2) is 30.0 Å².